The number of nitrogens with two attached hydrogens (primary N) is 1. The van der Waals surface area contributed by atoms with Crippen molar-refractivity contribution in [2.45, 2.75) is 17.9 Å². The van der Waals surface area contributed by atoms with Gasteiger partial charge in [-0.3, -0.25) is 0 Å². The van der Waals surface area contributed by atoms with Gasteiger partial charge >= 0.3 is 0 Å². The molecule has 2 N–H and O–H groups in total. The van der Waals surface area contributed by atoms with E-state index in [1.165, 1.54) is 6.20 Å². The monoisotopic (exact) mass is 212 g/mol. The Morgan fingerprint density at radius 2 is 2.21 bits per heavy atom. The second-order valence-corrected chi connectivity index (χ2v) is 5.57. The van der Waals surface area contributed by atoms with Gasteiger partial charge in [0.1, 0.15) is 0 Å². The third-order valence-electron chi connectivity index (χ3n) is 2.25. The van der Waals surface area contributed by atoms with E-state index in [0.717, 1.165) is 12.8 Å². The van der Waals surface area contributed by atoms with E-state index < -0.39 is 9.84 Å². The molecule has 1 aliphatic carbocycles. The smallest absolute Gasteiger partial charge is 0.197 e. The molecule has 5 heteroatoms. The Bertz CT molecular complexity index is 438. The number of nitrogen functional groups attached to an aromatic ring is 1. The van der Waals surface area contributed by atoms with E-state index >= 15 is 0 Å². The lowest BCUT2D eigenvalue weighted by Gasteiger charge is -2.04. The highest BCUT2D eigenvalue weighted by atomic mass is 32.2. The first-order valence-electron chi connectivity index (χ1n) is 4.53. The van der Waals surface area contributed by atoms with Gasteiger partial charge in [-0.15, -0.1) is 0 Å². The Morgan fingerprint density at radius 3 is 2.79 bits per heavy atom. The summed E-state index contributed by atoms with van der Waals surface area (Å²) in [5.74, 6) is 0.509. The Labute approximate surface area is 83.1 Å². The van der Waals surface area contributed by atoms with Gasteiger partial charge in [-0.1, -0.05) is 0 Å². The second-order valence-electron chi connectivity index (χ2n) is 3.62. The second kappa shape index (κ2) is 3.24. The van der Waals surface area contributed by atoms with E-state index in [1.54, 1.807) is 12.1 Å². The van der Waals surface area contributed by atoms with Crippen LogP contribution in [-0.4, -0.2) is 19.2 Å². The molecular formula is C9H12N2O2S. The molecule has 0 saturated heterocycles. The molecule has 0 spiro atoms. The minimum absolute atomic E-state index is 0.0342. The van der Waals surface area contributed by atoms with Crippen LogP contribution in [0.4, 0.5) is 5.69 Å². The largest absolute Gasteiger partial charge is 0.396 e. The lowest BCUT2D eigenvalue weighted by atomic mass is 10.4. The molecule has 1 saturated carbocycles. The van der Waals surface area contributed by atoms with E-state index in [0.29, 0.717) is 5.92 Å². The number of sulfone groups is 1. The SMILES string of the molecule is Nc1cccnc1S(=O)(=O)CC1CC1. The van der Waals surface area contributed by atoms with Crippen LogP contribution < -0.4 is 5.73 Å². The molecule has 0 atom stereocenters. The maximum atomic E-state index is 11.8. The Morgan fingerprint density at radius 1 is 1.50 bits per heavy atom. The van der Waals surface area contributed by atoms with Crippen LogP contribution in [0.2, 0.25) is 0 Å². The van der Waals surface area contributed by atoms with E-state index in [2.05, 4.69) is 4.98 Å². The van der Waals surface area contributed by atoms with Crippen molar-refractivity contribution in [1.82, 2.24) is 4.98 Å². The summed E-state index contributed by atoms with van der Waals surface area (Å²) in [6, 6.07) is 3.19. The van der Waals surface area contributed by atoms with Crippen molar-refractivity contribution in [3.05, 3.63) is 18.3 Å². The first kappa shape index (κ1) is 9.45. The average molecular weight is 212 g/mol. The minimum Gasteiger partial charge on any atom is -0.396 e. The fourth-order valence-corrected chi connectivity index (χ4v) is 3.10. The highest BCUT2D eigenvalue weighted by molar-refractivity contribution is 7.91. The van der Waals surface area contributed by atoms with Crippen LogP contribution in [0.25, 0.3) is 0 Å². The molecule has 0 amide bonds. The summed E-state index contributed by atoms with van der Waals surface area (Å²) < 4.78 is 23.5. The highest BCUT2D eigenvalue weighted by Gasteiger charge is 2.30. The number of hydrogen-bond donors (Lipinski definition) is 1. The molecule has 1 aromatic heterocycles. The number of hydrogen-bond acceptors (Lipinski definition) is 4. The number of rotatable bonds is 3. The first-order chi connectivity index (χ1) is 6.59. The molecule has 14 heavy (non-hydrogen) atoms. The summed E-state index contributed by atoms with van der Waals surface area (Å²) in [5, 5.41) is 0.0342. The summed E-state index contributed by atoms with van der Waals surface area (Å²) in [4.78, 5) is 3.82. The summed E-state index contributed by atoms with van der Waals surface area (Å²) in [6.07, 6.45) is 3.47. The molecule has 0 aliphatic heterocycles. The topological polar surface area (TPSA) is 73.0 Å². The van der Waals surface area contributed by atoms with Gasteiger partial charge in [0.05, 0.1) is 11.4 Å². The van der Waals surface area contributed by atoms with Crippen molar-refractivity contribution in [1.29, 1.82) is 0 Å². The maximum absolute atomic E-state index is 11.8. The van der Waals surface area contributed by atoms with Crippen LogP contribution >= 0.6 is 0 Å². The highest BCUT2D eigenvalue weighted by Crippen LogP contribution is 2.32. The molecule has 0 aromatic carbocycles. The first-order valence-corrected chi connectivity index (χ1v) is 6.18. The van der Waals surface area contributed by atoms with Gasteiger partial charge in [0, 0.05) is 6.20 Å². The van der Waals surface area contributed by atoms with Gasteiger partial charge in [0.2, 0.25) is 0 Å². The van der Waals surface area contributed by atoms with E-state index in [-0.39, 0.29) is 16.5 Å². The molecule has 1 aliphatic rings. The molecule has 1 heterocycles. The lowest BCUT2D eigenvalue weighted by molar-refractivity contribution is 0.589. The Balaban J connectivity index is 2.33. The van der Waals surface area contributed by atoms with Crippen LogP contribution in [0.3, 0.4) is 0 Å². The van der Waals surface area contributed by atoms with Crippen molar-refractivity contribution < 1.29 is 8.42 Å². The number of anilines is 1. The fourth-order valence-electron chi connectivity index (χ4n) is 1.34. The zero-order valence-corrected chi connectivity index (χ0v) is 8.50. The molecule has 2 rings (SSSR count). The van der Waals surface area contributed by atoms with Gasteiger partial charge in [0.25, 0.3) is 0 Å². The Kier molecular flexibility index (Phi) is 2.19. The van der Waals surface area contributed by atoms with Gasteiger partial charge in [-0.2, -0.15) is 0 Å². The normalized spacial score (nSPS) is 16.9. The number of aromatic nitrogens is 1. The molecule has 0 radical (unpaired) electrons. The maximum Gasteiger partial charge on any atom is 0.197 e. The Hall–Kier alpha value is -1.10. The van der Waals surface area contributed by atoms with Gasteiger partial charge in [-0.25, -0.2) is 13.4 Å². The minimum atomic E-state index is -3.26. The fraction of sp³-hybridized carbons (Fsp3) is 0.444. The van der Waals surface area contributed by atoms with Crippen molar-refractivity contribution in [2.75, 3.05) is 11.5 Å². The number of pyridine rings is 1. The molecule has 0 bridgehead atoms. The molecule has 0 unspecified atom stereocenters. The van der Waals surface area contributed by atoms with Crippen LogP contribution in [-0.2, 0) is 9.84 Å². The molecular weight excluding hydrogens is 200 g/mol. The van der Waals surface area contributed by atoms with Gasteiger partial charge < -0.3 is 5.73 Å². The lowest BCUT2D eigenvalue weighted by Crippen LogP contribution is -2.12. The van der Waals surface area contributed by atoms with E-state index in [4.69, 9.17) is 5.73 Å². The average Bonchev–Trinajstić information content (AvgIpc) is 2.88. The molecule has 76 valence electrons. The quantitative estimate of drug-likeness (QED) is 0.806. The van der Waals surface area contributed by atoms with Crippen molar-refractivity contribution in [2.24, 2.45) is 5.92 Å². The van der Waals surface area contributed by atoms with E-state index in [9.17, 15) is 8.42 Å². The molecule has 4 nitrogen and oxygen atoms in total. The van der Waals surface area contributed by atoms with Crippen LogP contribution in [0.1, 0.15) is 12.8 Å². The van der Waals surface area contributed by atoms with Crippen molar-refractivity contribution in [3.8, 4) is 0 Å². The summed E-state index contributed by atoms with van der Waals surface area (Å²) in [5.41, 5.74) is 5.80. The van der Waals surface area contributed by atoms with E-state index in [1.807, 2.05) is 0 Å². The predicted octanol–water partition coefficient (Wildman–Crippen LogP) is 0.847. The van der Waals surface area contributed by atoms with Crippen LogP contribution in [0.5, 0.6) is 0 Å². The van der Waals surface area contributed by atoms with Crippen LogP contribution in [0.15, 0.2) is 23.4 Å². The zero-order chi connectivity index (χ0) is 10.2. The standard InChI is InChI=1S/C9H12N2O2S/c10-8-2-1-5-11-9(8)14(12,13)6-7-3-4-7/h1-2,5,7H,3-4,6,10H2. The third-order valence-corrected chi connectivity index (χ3v) is 4.09. The predicted molar refractivity (Wildman–Crippen MR) is 53.4 cm³/mol. The zero-order valence-electron chi connectivity index (χ0n) is 7.68. The third kappa shape index (κ3) is 1.87. The van der Waals surface area contributed by atoms with Crippen molar-refractivity contribution >= 4 is 15.5 Å². The van der Waals surface area contributed by atoms with Gasteiger partial charge in [0.15, 0.2) is 14.9 Å². The molecule has 1 fully saturated rings. The number of nitrogens with zero attached hydrogens (tertiary/aromatic N) is 1. The van der Waals surface area contributed by atoms with Crippen LogP contribution in [0, 0.1) is 5.92 Å². The summed E-state index contributed by atoms with van der Waals surface area (Å²) >= 11 is 0. The summed E-state index contributed by atoms with van der Waals surface area (Å²) in [6.45, 7) is 0. The van der Waals surface area contributed by atoms with Crippen molar-refractivity contribution in [3.63, 3.8) is 0 Å². The van der Waals surface area contributed by atoms with Gasteiger partial charge in [-0.05, 0) is 30.9 Å². The summed E-state index contributed by atoms with van der Waals surface area (Å²) in [7, 11) is -3.26. The molecule has 1 aromatic rings.